The normalized spacial score (nSPS) is 22.8. The molecule has 0 radical (unpaired) electrons. The van der Waals surface area contributed by atoms with Crippen molar-refractivity contribution < 1.29 is 0 Å². The number of nitrogens with one attached hydrogen (secondary N) is 1. The fraction of sp³-hybridized carbons (Fsp3) is 0.733. The molecule has 1 saturated heterocycles. The topological polar surface area (TPSA) is 41.1 Å². The Kier molecular flexibility index (Phi) is 4.61. The van der Waals surface area contributed by atoms with E-state index in [1.807, 2.05) is 0 Å². The van der Waals surface area contributed by atoms with Crippen molar-refractivity contribution in [3.05, 3.63) is 11.9 Å². The number of aromatic nitrogens is 2. The predicted molar refractivity (Wildman–Crippen MR) is 80.8 cm³/mol. The van der Waals surface area contributed by atoms with Crippen LogP contribution in [0.1, 0.15) is 46.1 Å². The smallest absolute Gasteiger partial charge is 0.137 e. The molecular formula is C15H26N4. The van der Waals surface area contributed by atoms with Crippen LogP contribution in [0.4, 0.5) is 11.6 Å². The van der Waals surface area contributed by atoms with Crippen LogP contribution in [-0.2, 0) is 6.42 Å². The molecule has 0 aliphatic carbocycles. The Labute approximate surface area is 116 Å². The summed E-state index contributed by atoms with van der Waals surface area (Å²) in [6, 6.07) is 0.578. The molecule has 0 aromatic carbocycles. The van der Waals surface area contributed by atoms with Crippen LogP contribution in [0.5, 0.6) is 0 Å². The van der Waals surface area contributed by atoms with Gasteiger partial charge >= 0.3 is 0 Å². The van der Waals surface area contributed by atoms with Gasteiger partial charge in [-0.1, -0.05) is 20.8 Å². The minimum absolute atomic E-state index is 0.578. The molecule has 19 heavy (non-hydrogen) atoms. The summed E-state index contributed by atoms with van der Waals surface area (Å²) in [6.07, 6.45) is 5.03. The standard InChI is InChI=1S/C15H26N4/c1-5-7-16-14-13(6-2)15(18-10-17-14)19-9-11(3)8-12(19)4/h10-12H,5-9H2,1-4H3,(H,16,17,18). The quantitative estimate of drug-likeness (QED) is 0.885. The van der Waals surface area contributed by atoms with E-state index in [2.05, 4.69) is 47.9 Å². The molecule has 4 nitrogen and oxygen atoms in total. The summed E-state index contributed by atoms with van der Waals surface area (Å²) in [5, 5.41) is 3.43. The van der Waals surface area contributed by atoms with Gasteiger partial charge in [0.05, 0.1) is 0 Å². The molecule has 1 aliphatic heterocycles. The van der Waals surface area contributed by atoms with Gasteiger partial charge < -0.3 is 10.2 Å². The average Bonchev–Trinajstić information content (AvgIpc) is 2.74. The van der Waals surface area contributed by atoms with Crippen molar-refractivity contribution in [1.29, 1.82) is 0 Å². The van der Waals surface area contributed by atoms with Crippen LogP contribution in [0.25, 0.3) is 0 Å². The van der Waals surface area contributed by atoms with Crippen molar-refractivity contribution >= 4 is 11.6 Å². The second-order valence-electron chi connectivity index (χ2n) is 5.65. The molecule has 1 aliphatic rings. The van der Waals surface area contributed by atoms with E-state index in [9.17, 15) is 0 Å². The maximum absolute atomic E-state index is 4.56. The van der Waals surface area contributed by atoms with Crippen LogP contribution >= 0.6 is 0 Å². The van der Waals surface area contributed by atoms with Crippen LogP contribution in [0.3, 0.4) is 0 Å². The van der Waals surface area contributed by atoms with Crippen LogP contribution in [-0.4, -0.2) is 29.1 Å². The zero-order valence-corrected chi connectivity index (χ0v) is 12.6. The summed E-state index contributed by atoms with van der Waals surface area (Å²) in [6.45, 7) is 11.0. The lowest BCUT2D eigenvalue weighted by Gasteiger charge is -2.25. The van der Waals surface area contributed by atoms with E-state index in [-0.39, 0.29) is 0 Å². The third-order valence-electron chi connectivity index (χ3n) is 3.87. The summed E-state index contributed by atoms with van der Waals surface area (Å²) >= 11 is 0. The Morgan fingerprint density at radius 3 is 2.68 bits per heavy atom. The third kappa shape index (κ3) is 2.99. The van der Waals surface area contributed by atoms with Crippen LogP contribution in [0.2, 0.25) is 0 Å². The van der Waals surface area contributed by atoms with E-state index in [1.54, 1.807) is 6.33 Å². The molecule has 4 heteroatoms. The van der Waals surface area contributed by atoms with E-state index >= 15 is 0 Å². The first kappa shape index (κ1) is 14.1. The molecule has 106 valence electrons. The highest BCUT2D eigenvalue weighted by Gasteiger charge is 2.29. The maximum Gasteiger partial charge on any atom is 0.137 e. The monoisotopic (exact) mass is 262 g/mol. The second kappa shape index (κ2) is 6.22. The van der Waals surface area contributed by atoms with Gasteiger partial charge in [0, 0.05) is 24.7 Å². The SMILES string of the molecule is CCCNc1ncnc(N2CC(C)CC2C)c1CC. The van der Waals surface area contributed by atoms with Gasteiger partial charge in [0.1, 0.15) is 18.0 Å². The molecule has 1 N–H and O–H groups in total. The first-order chi connectivity index (χ1) is 9.17. The van der Waals surface area contributed by atoms with Gasteiger partial charge in [0.15, 0.2) is 0 Å². The molecule has 2 unspecified atom stereocenters. The molecule has 1 fully saturated rings. The number of hydrogen-bond acceptors (Lipinski definition) is 4. The van der Waals surface area contributed by atoms with Gasteiger partial charge in [-0.2, -0.15) is 0 Å². The molecule has 0 spiro atoms. The third-order valence-corrected chi connectivity index (χ3v) is 3.87. The maximum atomic E-state index is 4.56. The number of hydrogen-bond donors (Lipinski definition) is 1. The number of rotatable bonds is 5. The Morgan fingerprint density at radius 2 is 2.11 bits per heavy atom. The predicted octanol–water partition coefficient (Wildman–Crippen LogP) is 3.10. The lowest BCUT2D eigenvalue weighted by Crippen LogP contribution is -2.29. The van der Waals surface area contributed by atoms with Crippen molar-refractivity contribution in [2.45, 2.75) is 53.0 Å². The van der Waals surface area contributed by atoms with Gasteiger partial charge in [-0.25, -0.2) is 9.97 Å². The van der Waals surface area contributed by atoms with E-state index in [0.717, 1.165) is 43.5 Å². The van der Waals surface area contributed by atoms with Crippen molar-refractivity contribution in [1.82, 2.24) is 9.97 Å². The van der Waals surface area contributed by atoms with Gasteiger partial charge in [-0.3, -0.25) is 0 Å². The molecule has 2 atom stereocenters. The van der Waals surface area contributed by atoms with Crippen LogP contribution in [0, 0.1) is 5.92 Å². The molecule has 1 aromatic heterocycles. The summed E-state index contributed by atoms with van der Waals surface area (Å²) in [5.41, 5.74) is 1.26. The number of anilines is 2. The van der Waals surface area contributed by atoms with Crippen molar-refractivity contribution in [3.63, 3.8) is 0 Å². The summed E-state index contributed by atoms with van der Waals surface area (Å²) < 4.78 is 0. The van der Waals surface area contributed by atoms with Crippen molar-refractivity contribution in [2.24, 2.45) is 5.92 Å². The van der Waals surface area contributed by atoms with E-state index in [1.165, 1.54) is 12.0 Å². The van der Waals surface area contributed by atoms with Gasteiger partial charge in [-0.05, 0) is 32.1 Å². The molecule has 0 saturated carbocycles. The van der Waals surface area contributed by atoms with Crippen LogP contribution in [0.15, 0.2) is 6.33 Å². The van der Waals surface area contributed by atoms with Crippen molar-refractivity contribution in [2.75, 3.05) is 23.3 Å². The van der Waals surface area contributed by atoms with E-state index < -0.39 is 0 Å². The average molecular weight is 262 g/mol. The zero-order valence-electron chi connectivity index (χ0n) is 12.6. The van der Waals surface area contributed by atoms with Crippen LogP contribution < -0.4 is 10.2 Å². The molecule has 0 bridgehead atoms. The minimum Gasteiger partial charge on any atom is -0.370 e. The first-order valence-electron chi connectivity index (χ1n) is 7.51. The van der Waals surface area contributed by atoms with Crippen molar-refractivity contribution in [3.8, 4) is 0 Å². The first-order valence-corrected chi connectivity index (χ1v) is 7.51. The van der Waals surface area contributed by atoms with Gasteiger partial charge in [0.25, 0.3) is 0 Å². The fourth-order valence-corrected chi connectivity index (χ4v) is 2.97. The lowest BCUT2D eigenvalue weighted by atomic mass is 10.1. The highest BCUT2D eigenvalue weighted by molar-refractivity contribution is 5.59. The highest BCUT2D eigenvalue weighted by atomic mass is 15.2. The molecule has 2 heterocycles. The molecule has 1 aromatic rings. The Morgan fingerprint density at radius 1 is 1.32 bits per heavy atom. The molecule has 0 amide bonds. The van der Waals surface area contributed by atoms with E-state index in [4.69, 9.17) is 0 Å². The summed E-state index contributed by atoms with van der Waals surface area (Å²) in [7, 11) is 0. The number of nitrogens with zero attached hydrogens (tertiary/aromatic N) is 3. The second-order valence-corrected chi connectivity index (χ2v) is 5.65. The summed E-state index contributed by atoms with van der Waals surface area (Å²) in [5.74, 6) is 2.90. The van der Waals surface area contributed by atoms with Gasteiger partial charge in [-0.15, -0.1) is 0 Å². The lowest BCUT2D eigenvalue weighted by molar-refractivity contribution is 0.625. The molecular weight excluding hydrogens is 236 g/mol. The minimum atomic E-state index is 0.578. The molecule has 2 rings (SSSR count). The van der Waals surface area contributed by atoms with E-state index in [0.29, 0.717) is 6.04 Å². The summed E-state index contributed by atoms with van der Waals surface area (Å²) in [4.78, 5) is 11.4. The Balaban J connectivity index is 2.29. The highest BCUT2D eigenvalue weighted by Crippen LogP contribution is 2.32. The fourth-order valence-electron chi connectivity index (χ4n) is 2.97. The zero-order chi connectivity index (χ0) is 13.8. The van der Waals surface area contributed by atoms with Gasteiger partial charge in [0.2, 0.25) is 0 Å². The largest absolute Gasteiger partial charge is 0.370 e. The Bertz CT molecular complexity index is 419. The Hall–Kier alpha value is -1.32.